The van der Waals surface area contributed by atoms with E-state index in [4.69, 9.17) is 11.5 Å². The fraction of sp³-hybridized carbons (Fsp3) is 0.387. The third kappa shape index (κ3) is 6.45. The van der Waals surface area contributed by atoms with Crippen molar-refractivity contribution in [3.8, 4) is 0 Å². The predicted molar refractivity (Wildman–Crippen MR) is 158 cm³/mol. The van der Waals surface area contributed by atoms with Crippen LogP contribution >= 0.6 is 0 Å². The quantitative estimate of drug-likeness (QED) is 0.201. The molecule has 1 aliphatic rings. The molecule has 4 atom stereocenters. The molecule has 1 aromatic heterocycles. The maximum absolute atomic E-state index is 14.2. The molecular formula is C31H38N6O5. The zero-order chi connectivity index (χ0) is 30.6. The molecule has 0 bridgehead atoms. The van der Waals surface area contributed by atoms with E-state index in [0.29, 0.717) is 12.8 Å². The second-order valence-corrected chi connectivity index (χ2v) is 11.3. The average molecular weight is 575 g/mol. The molecule has 1 unspecified atom stereocenters. The van der Waals surface area contributed by atoms with E-state index in [0.717, 1.165) is 27.7 Å². The Labute approximate surface area is 244 Å². The number of fused-ring (bicyclic) bond motifs is 3. The van der Waals surface area contributed by atoms with E-state index in [-0.39, 0.29) is 12.3 Å². The van der Waals surface area contributed by atoms with Crippen LogP contribution in [0.1, 0.15) is 56.4 Å². The number of H-pyrrole nitrogens is 1. The zero-order valence-electron chi connectivity index (χ0n) is 24.0. The van der Waals surface area contributed by atoms with Gasteiger partial charge in [-0.2, -0.15) is 0 Å². The Morgan fingerprint density at radius 2 is 1.57 bits per heavy atom. The van der Waals surface area contributed by atoms with E-state index < -0.39 is 59.5 Å². The van der Waals surface area contributed by atoms with Crippen molar-refractivity contribution in [2.75, 3.05) is 0 Å². The van der Waals surface area contributed by atoms with Crippen LogP contribution in [0.15, 0.2) is 54.6 Å². The molecule has 42 heavy (non-hydrogen) atoms. The van der Waals surface area contributed by atoms with Crippen LogP contribution in [-0.2, 0) is 36.8 Å². The molecule has 0 spiro atoms. The summed E-state index contributed by atoms with van der Waals surface area (Å²) in [6.07, 6.45) is 0.534. The van der Waals surface area contributed by atoms with Gasteiger partial charge in [0.15, 0.2) is 0 Å². The molecule has 4 rings (SSSR count). The van der Waals surface area contributed by atoms with E-state index in [1.54, 1.807) is 20.8 Å². The Kier molecular flexibility index (Phi) is 8.99. The Hall–Kier alpha value is -4.67. The van der Waals surface area contributed by atoms with Gasteiger partial charge in [0, 0.05) is 23.0 Å². The van der Waals surface area contributed by atoms with Crippen molar-refractivity contribution in [3.63, 3.8) is 0 Å². The number of para-hydroxylation sites is 1. The Morgan fingerprint density at radius 1 is 0.905 bits per heavy atom. The number of aryl methyl sites for hydroxylation is 1. The fourth-order valence-electron chi connectivity index (χ4n) is 5.49. The lowest BCUT2D eigenvalue weighted by Crippen LogP contribution is -2.65. The van der Waals surface area contributed by atoms with Gasteiger partial charge in [-0.3, -0.25) is 24.0 Å². The number of amides is 5. The summed E-state index contributed by atoms with van der Waals surface area (Å²) in [5.41, 5.74) is 12.9. The van der Waals surface area contributed by atoms with Gasteiger partial charge < -0.3 is 32.4 Å². The molecule has 0 saturated carbocycles. The first kappa shape index (κ1) is 30.3. The lowest BCUT2D eigenvalue weighted by Gasteiger charge is -2.39. The first-order valence-electron chi connectivity index (χ1n) is 14.1. The smallest absolute Gasteiger partial charge is 0.246 e. The topological polar surface area (TPSA) is 189 Å². The van der Waals surface area contributed by atoms with Crippen LogP contribution in [0.2, 0.25) is 0 Å². The monoisotopic (exact) mass is 574 g/mol. The number of hydrogen-bond donors (Lipinski definition) is 6. The normalized spacial score (nSPS) is 18.4. The largest absolute Gasteiger partial charge is 0.370 e. The van der Waals surface area contributed by atoms with Crippen LogP contribution in [0, 0.1) is 5.92 Å². The van der Waals surface area contributed by atoms with E-state index in [9.17, 15) is 24.0 Å². The summed E-state index contributed by atoms with van der Waals surface area (Å²) in [6, 6.07) is 14.7. The number of hydrogen-bond acceptors (Lipinski definition) is 5. The summed E-state index contributed by atoms with van der Waals surface area (Å²) in [6.45, 7) is 5.25. The van der Waals surface area contributed by atoms with E-state index in [1.807, 2.05) is 54.6 Å². The summed E-state index contributed by atoms with van der Waals surface area (Å²) < 4.78 is 0. The van der Waals surface area contributed by atoms with Crippen LogP contribution < -0.4 is 27.4 Å². The molecule has 11 heteroatoms. The zero-order valence-corrected chi connectivity index (χ0v) is 24.0. The van der Waals surface area contributed by atoms with Crippen LogP contribution in [-0.4, -0.2) is 52.1 Å². The van der Waals surface area contributed by atoms with Crippen LogP contribution in [0.4, 0.5) is 0 Å². The lowest BCUT2D eigenvalue weighted by atomic mass is 9.78. The molecule has 2 aromatic carbocycles. The van der Waals surface area contributed by atoms with Gasteiger partial charge in [-0.05, 0) is 42.9 Å². The highest BCUT2D eigenvalue weighted by molar-refractivity contribution is 5.99. The molecule has 8 N–H and O–H groups in total. The standard InChI is InChI=1S/C31H38N6O5/c1-17(2)26(29(41)35-24(27(33)39)15-25(32)38)36-30(42)31(37-28(40)18(3)19-9-5-4-6-10-19)14-13-23-21(16-31)20-11-7-8-12-22(20)34-23/h4-12,17-18,24,26,34H,13-16H2,1-3H3,(H2,32,38)(H2,33,39)(H,35,41)(H,36,42)(H,37,40)/t18?,24-,26-,31+/m0/s1. The maximum atomic E-state index is 14.2. The number of nitrogens with two attached hydrogens (primary N) is 2. The predicted octanol–water partition coefficient (Wildman–Crippen LogP) is 1.30. The second-order valence-electron chi connectivity index (χ2n) is 11.3. The SMILES string of the molecule is CC(C(=O)N[C@]1(C(=O)N[C@H](C(=O)N[C@@H](CC(N)=O)C(N)=O)C(C)C)CCc2[nH]c3ccccc3c2C1)c1ccccc1. The molecule has 1 heterocycles. The summed E-state index contributed by atoms with van der Waals surface area (Å²) in [5.74, 6) is -4.20. The number of benzene rings is 2. The number of rotatable bonds is 11. The Morgan fingerprint density at radius 3 is 2.21 bits per heavy atom. The number of carbonyl (C=O) groups excluding carboxylic acids is 5. The van der Waals surface area contributed by atoms with Crippen LogP contribution in [0.25, 0.3) is 10.9 Å². The number of nitrogens with one attached hydrogen (secondary N) is 4. The lowest BCUT2D eigenvalue weighted by molar-refractivity contribution is -0.138. The first-order chi connectivity index (χ1) is 19.9. The highest BCUT2D eigenvalue weighted by atomic mass is 16.2. The maximum Gasteiger partial charge on any atom is 0.246 e. The minimum Gasteiger partial charge on any atom is -0.370 e. The molecule has 5 amide bonds. The number of aromatic amines is 1. The second kappa shape index (κ2) is 12.5. The average Bonchev–Trinajstić information content (AvgIpc) is 3.32. The van der Waals surface area contributed by atoms with Crippen molar-refractivity contribution in [2.24, 2.45) is 17.4 Å². The number of carbonyl (C=O) groups is 5. The molecule has 0 aliphatic heterocycles. The molecule has 1 aliphatic carbocycles. The van der Waals surface area contributed by atoms with E-state index in [1.165, 1.54) is 0 Å². The Bertz CT molecular complexity index is 1500. The van der Waals surface area contributed by atoms with Crippen molar-refractivity contribution < 1.29 is 24.0 Å². The number of primary amides is 2. The summed E-state index contributed by atoms with van der Waals surface area (Å²) >= 11 is 0. The highest BCUT2D eigenvalue weighted by Crippen LogP contribution is 2.35. The summed E-state index contributed by atoms with van der Waals surface area (Å²) in [5, 5.41) is 9.30. The number of aromatic nitrogens is 1. The van der Waals surface area contributed by atoms with Gasteiger partial charge in [0.1, 0.15) is 17.6 Å². The van der Waals surface area contributed by atoms with Gasteiger partial charge in [-0.25, -0.2) is 0 Å². The third-order valence-corrected chi connectivity index (χ3v) is 7.97. The molecule has 0 radical (unpaired) electrons. The van der Waals surface area contributed by atoms with Gasteiger partial charge >= 0.3 is 0 Å². The minimum absolute atomic E-state index is 0.212. The van der Waals surface area contributed by atoms with Crippen molar-refractivity contribution in [1.82, 2.24) is 20.9 Å². The summed E-state index contributed by atoms with van der Waals surface area (Å²) in [4.78, 5) is 67.8. The van der Waals surface area contributed by atoms with Gasteiger partial charge in [0.25, 0.3) is 0 Å². The van der Waals surface area contributed by atoms with Crippen molar-refractivity contribution in [1.29, 1.82) is 0 Å². The van der Waals surface area contributed by atoms with Gasteiger partial charge in [-0.15, -0.1) is 0 Å². The van der Waals surface area contributed by atoms with Crippen molar-refractivity contribution in [3.05, 3.63) is 71.4 Å². The Balaban J connectivity index is 1.65. The summed E-state index contributed by atoms with van der Waals surface area (Å²) in [7, 11) is 0. The van der Waals surface area contributed by atoms with Gasteiger partial charge in [0.05, 0.1) is 12.3 Å². The van der Waals surface area contributed by atoms with Crippen molar-refractivity contribution in [2.45, 2.75) is 70.0 Å². The molecule has 0 fully saturated rings. The van der Waals surface area contributed by atoms with Crippen LogP contribution in [0.5, 0.6) is 0 Å². The van der Waals surface area contributed by atoms with Crippen LogP contribution in [0.3, 0.4) is 0 Å². The fourth-order valence-corrected chi connectivity index (χ4v) is 5.49. The minimum atomic E-state index is -1.36. The van der Waals surface area contributed by atoms with Gasteiger partial charge in [-0.1, -0.05) is 62.4 Å². The molecule has 222 valence electrons. The highest BCUT2D eigenvalue weighted by Gasteiger charge is 2.46. The molecular weight excluding hydrogens is 536 g/mol. The van der Waals surface area contributed by atoms with Crippen molar-refractivity contribution >= 4 is 40.4 Å². The van der Waals surface area contributed by atoms with E-state index >= 15 is 0 Å². The third-order valence-electron chi connectivity index (χ3n) is 7.97. The molecule has 0 saturated heterocycles. The van der Waals surface area contributed by atoms with Gasteiger partial charge in [0.2, 0.25) is 29.5 Å². The molecule has 3 aromatic rings. The van der Waals surface area contributed by atoms with E-state index in [2.05, 4.69) is 20.9 Å². The molecule has 11 nitrogen and oxygen atoms in total. The first-order valence-corrected chi connectivity index (χ1v) is 14.1.